The van der Waals surface area contributed by atoms with Crippen LogP contribution in [0.15, 0.2) is 36.9 Å². The lowest BCUT2D eigenvalue weighted by Gasteiger charge is -2.06. The molecule has 0 unspecified atom stereocenters. The number of esters is 1. The number of carbonyl (C=O) groups is 3. The topological polar surface area (TPSA) is 84.5 Å². The van der Waals surface area contributed by atoms with Crippen molar-refractivity contribution < 1.29 is 23.5 Å². The maximum absolute atomic E-state index is 13.2. The molecule has 0 aliphatic carbocycles. The van der Waals surface area contributed by atoms with E-state index < -0.39 is 30.3 Å². The molecule has 1 aromatic rings. The fourth-order valence-corrected chi connectivity index (χ4v) is 1.21. The Kier molecular flexibility index (Phi) is 5.89. The largest absolute Gasteiger partial charge is 0.452 e. The molecule has 1 rings (SSSR count). The molecule has 0 atom stereocenters. The molecule has 1 aromatic carbocycles. The van der Waals surface area contributed by atoms with Crippen LogP contribution in [0.3, 0.4) is 0 Å². The number of nitrogens with one attached hydrogen (secondary N) is 2. The van der Waals surface area contributed by atoms with Gasteiger partial charge in [-0.05, 0) is 12.1 Å². The average molecular weight is 280 g/mol. The number of hydrogen-bond donors (Lipinski definition) is 2. The second kappa shape index (κ2) is 7.67. The normalized spacial score (nSPS) is 9.45. The third-order valence-electron chi connectivity index (χ3n) is 2.09. The Bertz CT molecular complexity index is 531. The Hall–Kier alpha value is -2.70. The van der Waals surface area contributed by atoms with E-state index in [1.165, 1.54) is 24.3 Å². The molecule has 0 spiro atoms. The summed E-state index contributed by atoms with van der Waals surface area (Å²) in [6.45, 7) is 2.88. The van der Waals surface area contributed by atoms with Gasteiger partial charge in [-0.3, -0.25) is 10.1 Å². The van der Waals surface area contributed by atoms with Gasteiger partial charge in [0.05, 0.1) is 5.56 Å². The van der Waals surface area contributed by atoms with Crippen LogP contribution in [0.4, 0.5) is 9.18 Å². The molecule has 6 nitrogen and oxygen atoms in total. The van der Waals surface area contributed by atoms with Gasteiger partial charge in [-0.2, -0.15) is 0 Å². The minimum atomic E-state index is -0.982. The smallest absolute Gasteiger partial charge is 0.341 e. The van der Waals surface area contributed by atoms with Crippen LogP contribution < -0.4 is 10.6 Å². The van der Waals surface area contributed by atoms with Gasteiger partial charge in [-0.25, -0.2) is 14.0 Å². The first kappa shape index (κ1) is 15.4. The molecular formula is C13H13FN2O4. The number of benzene rings is 1. The first-order valence-corrected chi connectivity index (χ1v) is 5.65. The Balaban J connectivity index is 2.41. The summed E-state index contributed by atoms with van der Waals surface area (Å²) >= 11 is 0. The highest BCUT2D eigenvalue weighted by Gasteiger charge is 2.14. The van der Waals surface area contributed by atoms with Crippen molar-refractivity contribution in [3.63, 3.8) is 0 Å². The lowest BCUT2D eigenvalue weighted by atomic mass is 10.2. The molecule has 2 N–H and O–H groups in total. The first-order chi connectivity index (χ1) is 9.54. The highest BCUT2D eigenvalue weighted by atomic mass is 19.1. The number of urea groups is 1. The second-order valence-corrected chi connectivity index (χ2v) is 3.60. The molecule has 0 aliphatic heterocycles. The zero-order chi connectivity index (χ0) is 15.0. The van der Waals surface area contributed by atoms with Gasteiger partial charge in [0, 0.05) is 6.54 Å². The van der Waals surface area contributed by atoms with Crippen LogP contribution in [0, 0.1) is 5.82 Å². The zero-order valence-electron chi connectivity index (χ0n) is 10.5. The molecule has 0 aliphatic rings. The van der Waals surface area contributed by atoms with Gasteiger partial charge >= 0.3 is 12.0 Å². The quantitative estimate of drug-likeness (QED) is 0.622. The fourth-order valence-electron chi connectivity index (χ4n) is 1.21. The number of amides is 3. The molecule has 0 fully saturated rings. The SMILES string of the molecule is C=CCNC(=O)NC(=O)COC(=O)c1ccccc1F. The number of rotatable bonds is 5. The molecule has 0 saturated heterocycles. The van der Waals surface area contributed by atoms with Crippen molar-refractivity contribution in [3.05, 3.63) is 48.3 Å². The van der Waals surface area contributed by atoms with Gasteiger partial charge in [0.15, 0.2) is 6.61 Å². The van der Waals surface area contributed by atoms with Gasteiger partial charge in [0.2, 0.25) is 0 Å². The van der Waals surface area contributed by atoms with Gasteiger partial charge in [0.25, 0.3) is 5.91 Å². The molecule has 0 saturated carbocycles. The highest BCUT2D eigenvalue weighted by Crippen LogP contribution is 2.07. The van der Waals surface area contributed by atoms with Crippen LogP contribution in [0.1, 0.15) is 10.4 Å². The zero-order valence-corrected chi connectivity index (χ0v) is 10.5. The third kappa shape index (κ3) is 4.89. The standard InChI is InChI=1S/C13H13FN2O4/c1-2-7-15-13(19)16-11(17)8-20-12(18)9-5-3-4-6-10(9)14/h2-6H,1,7-8H2,(H2,15,16,17,19). The molecule has 3 amide bonds. The maximum Gasteiger partial charge on any atom is 0.341 e. The summed E-state index contributed by atoms with van der Waals surface area (Å²) in [6.07, 6.45) is 1.43. The third-order valence-corrected chi connectivity index (χ3v) is 2.09. The van der Waals surface area contributed by atoms with Crippen LogP contribution in [0.2, 0.25) is 0 Å². The molecule has 0 heterocycles. The Labute approximate surface area is 114 Å². The predicted molar refractivity (Wildman–Crippen MR) is 68.4 cm³/mol. The summed E-state index contributed by atoms with van der Waals surface area (Å²) in [7, 11) is 0. The molecule has 0 radical (unpaired) electrons. The highest BCUT2D eigenvalue weighted by molar-refractivity contribution is 5.97. The lowest BCUT2D eigenvalue weighted by Crippen LogP contribution is -2.41. The van der Waals surface area contributed by atoms with Gasteiger partial charge in [-0.15, -0.1) is 6.58 Å². The number of imide groups is 1. The van der Waals surface area contributed by atoms with Crippen molar-refractivity contribution in [2.24, 2.45) is 0 Å². The molecule has 0 bridgehead atoms. The van der Waals surface area contributed by atoms with E-state index in [-0.39, 0.29) is 12.1 Å². The molecular weight excluding hydrogens is 267 g/mol. The monoisotopic (exact) mass is 280 g/mol. The summed E-state index contributed by atoms with van der Waals surface area (Å²) in [4.78, 5) is 33.8. The summed E-state index contributed by atoms with van der Waals surface area (Å²) < 4.78 is 17.8. The van der Waals surface area contributed by atoms with E-state index in [0.29, 0.717) is 0 Å². The average Bonchev–Trinajstić information content (AvgIpc) is 2.43. The second-order valence-electron chi connectivity index (χ2n) is 3.60. The van der Waals surface area contributed by atoms with Crippen LogP contribution >= 0.6 is 0 Å². The molecule has 20 heavy (non-hydrogen) atoms. The van der Waals surface area contributed by atoms with Crippen molar-refractivity contribution in [2.75, 3.05) is 13.2 Å². The first-order valence-electron chi connectivity index (χ1n) is 5.65. The minimum absolute atomic E-state index is 0.189. The van der Waals surface area contributed by atoms with Gasteiger partial charge in [0.1, 0.15) is 5.82 Å². The molecule has 106 valence electrons. The Morgan fingerprint density at radius 2 is 2.00 bits per heavy atom. The summed E-state index contributed by atoms with van der Waals surface area (Å²) in [5.74, 6) is -2.55. The van der Waals surface area contributed by atoms with E-state index in [9.17, 15) is 18.8 Å². The molecule has 7 heteroatoms. The number of carbonyl (C=O) groups excluding carboxylic acids is 3. The van der Waals surface area contributed by atoms with Crippen molar-refractivity contribution in [3.8, 4) is 0 Å². The summed E-state index contributed by atoms with van der Waals surface area (Å²) in [5, 5.41) is 4.23. The Morgan fingerprint density at radius 1 is 1.30 bits per heavy atom. The van der Waals surface area contributed by atoms with Crippen LogP contribution in [0.25, 0.3) is 0 Å². The maximum atomic E-state index is 13.2. The number of ether oxygens (including phenoxy) is 1. The number of hydrogen-bond acceptors (Lipinski definition) is 4. The minimum Gasteiger partial charge on any atom is -0.452 e. The fraction of sp³-hybridized carbons (Fsp3) is 0.154. The van der Waals surface area contributed by atoms with E-state index in [0.717, 1.165) is 6.07 Å². The van der Waals surface area contributed by atoms with Crippen LogP contribution in [-0.4, -0.2) is 31.1 Å². The van der Waals surface area contributed by atoms with E-state index >= 15 is 0 Å². The van der Waals surface area contributed by atoms with E-state index in [1.54, 1.807) is 0 Å². The summed E-state index contributed by atoms with van der Waals surface area (Å²) in [6, 6.07) is 4.47. The van der Waals surface area contributed by atoms with Crippen molar-refractivity contribution in [1.29, 1.82) is 0 Å². The summed E-state index contributed by atoms with van der Waals surface area (Å²) in [5.41, 5.74) is -0.281. The number of halogens is 1. The van der Waals surface area contributed by atoms with Crippen LogP contribution in [0.5, 0.6) is 0 Å². The van der Waals surface area contributed by atoms with Gasteiger partial charge < -0.3 is 10.1 Å². The van der Waals surface area contributed by atoms with Crippen molar-refractivity contribution >= 4 is 17.9 Å². The van der Waals surface area contributed by atoms with E-state index in [1.807, 2.05) is 5.32 Å². The lowest BCUT2D eigenvalue weighted by molar-refractivity contribution is -0.123. The van der Waals surface area contributed by atoms with Gasteiger partial charge in [-0.1, -0.05) is 18.2 Å². The van der Waals surface area contributed by atoms with Crippen LogP contribution in [-0.2, 0) is 9.53 Å². The van der Waals surface area contributed by atoms with E-state index in [4.69, 9.17) is 0 Å². The predicted octanol–water partition coefficient (Wildman–Crippen LogP) is 0.994. The van der Waals surface area contributed by atoms with Crippen molar-refractivity contribution in [2.45, 2.75) is 0 Å². The van der Waals surface area contributed by atoms with E-state index in [2.05, 4.69) is 16.6 Å². The molecule has 0 aromatic heterocycles. The Morgan fingerprint density at radius 3 is 2.65 bits per heavy atom. The van der Waals surface area contributed by atoms with Crippen molar-refractivity contribution in [1.82, 2.24) is 10.6 Å².